The molecule has 5 nitrogen and oxygen atoms in total. The Morgan fingerprint density at radius 1 is 1.38 bits per heavy atom. The normalized spacial score (nSPS) is 13.3. The first-order valence-electron chi connectivity index (χ1n) is 5.63. The maximum atomic E-state index is 11.3. The summed E-state index contributed by atoms with van der Waals surface area (Å²) >= 11 is 0. The number of nitrogens with one attached hydrogen (secondary N) is 2. The number of ether oxygens (including phenoxy) is 1. The van der Waals surface area contributed by atoms with Crippen molar-refractivity contribution in [3.05, 3.63) is 0 Å². The highest BCUT2D eigenvalue weighted by Gasteiger charge is 2.16. The second kappa shape index (κ2) is 7.46. The Hall–Kier alpha value is -0.810. The van der Waals surface area contributed by atoms with E-state index >= 15 is 0 Å². The van der Waals surface area contributed by atoms with Crippen LogP contribution in [0.2, 0.25) is 0 Å². The Labute approximate surface area is 97.6 Å². The van der Waals surface area contributed by atoms with E-state index in [1.807, 2.05) is 27.7 Å². The summed E-state index contributed by atoms with van der Waals surface area (Å²) in [5, 5.41) is 14.3. The summed E-state index contributed by atoms with van der Waals surface area (Å²) in [6, 6.07) is 0. The van der Waals surface area contributed by atoms with E-state index < -0.39 is 5.60 Å². The number of hydrogen-bond donors (Lipinski definition) is 3. The summed E-state index contributed by atoms with van der Waals surface area (Å²) < 4.78 is 5.10. The number of carbonyl (C=O) groups excluding carboxylic acids is 1. The van der Waals surface area contributed by atoms with Gasteiger partial charge in [-0.15, -0.1) is 0 Å². The largest absolute Gasteiger partial charge is 0.444 e. The monoisotopic (exact) mass is 232 g/mol. The number of alkyl carbamates (subject to hydrolysis) is 1. The van der Waals surface area contributed by atoms with Gasteiger partial charge in [-0.3, -0.25) is 0 Å². The van der Waals surface area contributed by atoms with Gasteiger partial charge < -0.3 is 20.5 Å². The minimum Gasteiger partial charge on any atom is -0.444 e. The number of aliphatic hydroxyl groups is 1. The van der Waals surface area contributed by atoms with E-state index in [4.69, 9.17) is 9.84 Å². The number of carbonyl (C=O) groups is 1. The van der Waals surface area contributed by atoms with E-state index in [9.17, 15) is 4.79 Å². The third-order valence-electron chi connectivity index (χ3n) is 1.78. The van der Waals surface area contributed by atoms with Crippen LogP contribution >= 0.6 is 0 Å². The molecule has 96 valence electrons. The molecule has 0 aromatic heterocycles. The van der Waals surface area contributed by atoms with Crippen LogP contribution in [0.25, 0.3) is 0 Å². The zero-order chi connectivity index (χ0) is 12.6. The zero-order valence-corrected chi connectivity index (χ0v) is 10.7. The van der Waals surface area contributed by atoms with Crippen LogP contribution in [0.15, 0.2) is 0 Å². The molecule has 5 heteroatoms. The maximum absolute atomic E-state index is 11.3. The third kappa shape index (κ3) is 9.73. The van der Waals surface area contributed by atoms with Crippen LogP contribution in [0.1, 0.15) is 27.7 Å². The molecule has 1 atom stereocenters. The van der Waals surface area contributed by atoms with Gasteiger partial charge in [-0.05, 0) is 33.2 Å². The molecule has 0 aromatic carbocycles. The molecule has 0 saturated heterocycles. The lowest BCUT2D eigenvalue weighted by atomic mass is 10.2. The van der Waals surface area contributed by atoms with E-state index in [1.165, 1.54) is 0 Å². The van der Waals surface area contributed by atoms with Crippen molar-refractivity contribution in [2.24, 2.45) is 5.92 Å². The first kappa shape index (κ1) is 15.2. The average molecular weight is 232 g/mol. The minimum absolute atomic E-state index is 0.131. The molecule has 0 aliphatic heterocycles. The molecule has 1 unspecified atom stereocenters. The topological polar surface area (TPSA) is 70.6 Å². The van der Waals surface area contributed by atoms with Crippen LogP contribution in [-0.2, 0) is 4.74 Å². The first-order valence-corrected chi connectivity index (χ1v) is 5.63. The molecule has 0 fully saturated rings. The molecule has 0 heterocycles. The zero-order valence-electron chi connectivity index (χ0n) is 10.7. The lowest BCUT2D eigenvalue weighted by molar-refractivity contribution is 0.0520. The fraction of sp³-hybridized carbons (Fsp3) is 0.909. The summed E-state index contributed by atoms with van der Waals surface area (Å²) in [4.78, 5) is 11.3. The molecule has 0 rings (SSSR count). The van der Waals surface area contributed by atoms with Crippen molar-refractivity contribution in [3.63, 3.8) is 0 Å². The van der Waals surface area contributed by atoms with Gasteiger partial charge in [-0.1, -0.05) is 6.92 Å². The average Bonchev–Trinajstić information content (AvgIpc) is 2.12. The summed E-state index contributed by atoms with van der Waals surface area (Å²) in [7, 11) is 0. The summed E-state index contributed by atoms with van der Waals surface area (Å²) in [6.45, 7) is 9.55. The number of amides is 1. The summed E-state index contributed by atoms with van der Waals surface area (Å²) in [5.74, 6) is 0.305. The predicted molar refractivity (Wildman–Crippen MR) is 63.4 cm³/mol. The van der Waals surface area contributed by atoms with E-state index in [-0.39, 0.29) is 12.7 Å². The van der Waals surface area contributed by atoms with Crippen LogP contribution in [0.5, 0.6) is 0 Å². The van der Waals surface area contributed by atoms with Gasteiger partial charge in [0.25, 0.3) is 0 Å². The highest BCUT2D eigenvalue weighted by Crippen LogP contribution is 2.06. The predicted octanol–water partition coefficient (Wildman–Crippen LogP) is 0.729. The van der Waals surface area contributed by atoms with Crippen LogP contribution in [0, 0.1) is 5.92 Å². The van der Waals surface area contributed by atoms with Crippen LogP contribution in [-0.4, -0.2) is 43.0 Å². The Kier molecular flexibility index (Phi) is 7.08. The fourth-order valence-corrected chi connectivity index (χ4v) is 1.07. The molecule has 0 aliphatic rings. The lowest BCUT2D eigenvalue weighted by Crippen LogP contribution is -2.37. The molecule has 0 saturated carbocycles. The molecule has 0 aromatic rings. The standard InChI is InChI=1S/C11H24N2O3/c1-9(7-12-5-6-14)8-13-10(15)16-11(2,3)4/h9,12,14H,5-8H2,1-4H3,(H,13,15). The number of hydrogen-bond acceptors (Lipinski definition) is 4. The van der Waals surface area contributed by atoms with Crippen molar-refractivity contribution < 1.29 is 14.6 Å². The maximum Gasteiger partial charge on any atom is 0.407 e. The van der Waals surface area contributed by atoms with Gasteiger partial charge in [0.2, 0.25) is 0 Å². The van der Waals surface area contributed by atoms with Crippen molar-refractivity contribution in [3.8, 4) is 0 Å². The molecule has 0 spiro atoms. The van der Waals surface area contributed by atoms with Crippen LogP contribution in [0.4, 0.5) is 4.79 Å². The number of aliphatic hydroxyl groups excluding tert-OH is 1. The molecular formula is C11H24N2O3. The molecule has 3 N–H and O–H groups in total. The van der Waals surface area contributed by atoms with Crippen LogP contribution in [0.3, 0.4) is 0 Å². The van der Waals surface area contributed by atoms with Crippen molar-refractivity contribution in [1.82, 2.24) is 10.6 Å². The van der Waals surface area contributed by atoms with Crippen molar-refractivity contribution >= 4 is 6.09 Å². The van der Waals surface area contributed by atoms with Gasteiger partial charge in [-0.25, -0.2) is 4.79 Å². The van der Waals surface area contributed by atoms with E-state index in [0.717, 1.165) is 6.54 Å². The Morgan fingerprint density at radius 2 is 2.00 bits per heavy atom. The molecule has 1 amide bonds. The summed E-state index contributed by atoms with van der Waals surface area (Å²) in [6.07, 6.45) is -0.387. The van der Waals surface area contributed by atoms with Gasteiger partial charge in [0.1, 0.15) is 5.60 Å². The Bertz CT molecular complexity index is 202. The minimum atomic E-state index is -0.456. The van der Waals surface area contributed by atoms with E-state index in [1.54, 1.807) is 0 Å². The molecular weight excluding hydrogens is 208 g/mol. The van der Waals surface area contributed by atoms with Gasteiger partial charge >= 0.3 is 6.09 Å². The molecule has 0 bridgehead atoms. The highest BCUT2D eigenvalue weighted by atomic mass is 16.6. The quantitative estimate of drug-likeness (QED) is 0.590. The third-order valence-corrected chi connectivity index (χ3v) is 1.78. The van der Waals surface area contributed by atoms with Crippen molar-refractivity contribution in [1.29, 1.82) is 0 Å². The first-order chi connectivity index (χ1) is 7.35. The van der Waals surface area contributed by atoms with Gasteiger partial charge in [0, 0.05) is 13.1 Å². The summed E-state index contributed by atoms with van der Waals surface area (Å²) in [5.41, 5.74) is -0.456. The SMILES string of the molecule is CC(CNCCO)CNC(=O)OC(C)(C)C. The van der Waals surface area contributed by atoms with Crippen molar-refractivity contribution in [2.45, 2.75) is 33.3 Å². The van der Waals surface area contributed by atoms with Gasteiger partial charge in [0.15, 0.2) is 0 Å². The second-order valence-electron chi connectivity index (χ2n) is 4.92. The fourth-order valence-electron chi connectivity index (χ4n) is 1.07. The van der Waals surface area contributed by atoms with Crippen LogP contribution < -0.4 is 10.6 Å². The highest BCUT2D eigenvalue weighted by molar-refractivity contribution is 5.67. The molecule has 0 aliphatic carbocycles. The Balaban J connectivity index is 3.59. The second-order valence-corrected chi connectivity index (χ2v) is 4.92. The molecule has 0 radical (unpaired) electrons. The molecule has 16 heavy (non-hydrogen) atoms. The lowest BCUT2D eigenvalue weighted by Gasteiger charge is -2.20. The van der Waals surface area contributed by atoms with Crippen molar-refractivity contribution in [2.75, 3.05) is 26.2 Å². The Morgan fingerprint density at radius 3 is 2.50 bits per heavy atom. The smallest absolute Gasteiger partial charge is 0.407 e. The number of rotatable bonds is 6. The van der Waals surface area contributed by atoms with Gasteiger partial charge in [0.05, 0.1) is 6.61 Å². The van der Waals surface area contributed by atoms with E-state index in [0.29, 0.717) is 19.0 Å². The van der Waals surface area contributed by atoms with Gasteiger partial charge in [-0.2, -0.15) is 0 Å². The van der Waals surface area contributed by atoms with E-state index in [2.05, 4.69) is 10.6 Å².